The van der Waals surface area contributed by atoms with Gasteiger partial charge in [-0.05, 0) is 12.1 Å². The number of carboxylic acids is 1. The minimum atomic E-state index is -1.31. The summed E-state index contributed by atoms with van der Waals surface area (Å²) in [6.45, 7) is 0. The molecule has 2 rings (SSSR count). The van der Waals surface area contributed by atoms with Gasteiger partial charge in [0.25, 0.3) is 0 Å². The van der Waals surface area contributed by atoms with Crippen LogP contribution in [0.15, 0.2) is 24.3 Å². The highest BCUT2D eigenvalue weighted by Gasteiger charge is 2.17. The molecule has 0 saturated heterocycles. The van der Waals surface area contributed by atoms with Crippen molar-refractivity contribution in [2.45, 2.75) is 0 Å². The minimum Gasteiger partial charge on any atom is -0.476 e. The molecule has 0 spiro atoms. The second kappa shape index (κ2) is 3.90. The predicted octanol–water partition coefficient (Wildman–Crippen LogP) is 1.76. The summed E-state index contributed by atoms with van der Waals surface area (Å²) in [4.78, 5) is 11.5. The van der Waals surface area contributed by atoms with E-state index in [1.807, 2.05) is 0 Å². The minimum absolute atomic E-state index is 0.0388. The summed E-state index contributed by atoms with van der Waals surface area (Å²) in [6.07, 6.45) is 0. The fourth-order valence-corrected chi connectivity index (χ4v) is 1.33. The zero-order valence-corrected chi connectivity index (χ0v) is 8.52. The van der Waals surface area contributed by atoms with Gasteiger partial charge in [0.15, 0.2) is 11.0 Å². The lowest BCUT2D eigenvalue weighted by atomic mass is 10.3. The van der Waals surface area contributed by atoms with Crippen molar-refractivity contribution in [2.75, 3.05) is 0 Å². The van der Waals surface area contributed by atoms with Crippen LogP contribution in [0.5, 0.6) is 0 Å². The maximum atomic E-state index is 13.3. The predicted molar refractivity (Wildman–Crippen MR) is 53.3 cm³/mol. The number of hydrogen-bond donors (Lipinski definition) is 1. The molecule has 0 fully saturated rings. The summed E-state index contributed by atoms with van der Waals surface area (Å²) >= 11 is 5.54. The highest BCUT2D eigenvalue weighted by Crippen LogP contribution is 2.15. The second-order valence-corrected chi connectivity index (χ2v) is 3.24. The number of carbonyl (C=O) groups is 1. The van der Waals surface area contributed by atoms with Crippen LogP contribution < -0.4 is 0 Å². The second-order valence-electron chi connectivity index (χ2n) is 2.89. The lowest BCUT2D eigenvalue weighted by Crippen LogP contribution is -2.03. The monoisotopic (exact) mass is 241 g/mol. The summed E-state index contributed by atoms with van der Waals surface area (Å²) in [5.74, 6) is -1.88. The van der Waals surface area contributed by atoms with Gasteiger partial charge in [0.05, 0.1) is 0 Å². The number of hydrogen-bond acceptors (Lipinski definition) is 3. The molecule has 1 aromatic heterocycles. The van der Waals surface area contributed by atoms with Crippen LogP contribution in [0.2, 0.25) is 5.15 Å². The van der Waals surface area contributed by atoms with Crippen molar-refractivity contribution in [1.29, 1.82) is 0 Å². The molecule has 0 saturated carbocycles. The van der Waals surface area contributed by atoms with Gasteiger partial charge in [-0.2, -0.15) is 0 Å². The zero-order valence-electron chi connectivity index (χ0n) is 7.76. The van der Waals surface area contributed by atoms with Gasteiger partial charge in [-0.15, -0.1) is 15.0 Å². The normalized spacial score (nSPS) is 10.4. The molecule has 5 nitrogen and oxygen atoms in total. The van der Waals surface area contributed by atoms with Gasteiger partial charge in [0.1, 0.15) is 5.69 Å². The highest BCUT2D eigenvalue weighted by atomic mass is 35.5. The molecule has 0 amide bonds. The van der Waals surface area contributed by atoms with Gasteiger partial charge >= 0.3 is 5.97 Å². The molecule has 1 N–H and O–H groups in total. The average molecular weight is 242 g/mol. The summed E-state index contributed by atoms with van der Waals surface area (Å²) in [5.41, 5.74) is -0.373. The topological polar surface area (TPSA) is 68.0 Å². The molecule has 1 aromatic carbocycles. The number of aromatic carboxylic acids is 1. The Morgan fingerprint density at radius 3 is 2.62 bits per heavy atom. The van der Waals surface area contributed by atoms with Crippen LogP contribution >= 0.6 is 11.6 Å². The first-order valence-electron chi connectivity index (χ1n) is 4.20. The highest BCUT2D eigenvalue weighted by molar-refractivity contribution is 6.31. The van der Waals surface area contributed by atoms with Gasteiger partial charge < -0.3 is 5.11 Å². The van der Waals surface area contributed by atoms with Crippen LogP contribution in [0.25, 0.3) is 5.69 Å². The summed E-state index contributed by atoms with van der Waals surface area (Å²) in [7, 11) is 0. The largest absolute Gasteiger partial charge is 0.476 e. The summed E-state index contributed by atoms with van der Waals surface area (Å²) in [6, 6.07) is 5.71. The lowest BCUT2D eigenvalue weighted by molar-refractivity contribution is 0.0690. The molecule has 82 valence electrons. The Morgan fingerprint density at radius 2 is 2.06 bits per heavy atom. The van der Waals surface area contributed by atoms with Crippen LogP contribution in [-0.2, 0) is 0 Å². The van der Waals surface area contributed by atoms with E-state index in [2.05, 4.69) is 10.2 Å². The molecule has 7 heteroatoms. The SMILES string of the molecule is O=C(O)c1nn(-c2ccccc2F)nc1Cl. The third-order valence-corrected chi connectivity index (χ3v) is 2.10. The zero-order chi connectivity index (χ0) is 11.7. The van der Waals surface area contributed by atoms with Crippen molar-refractivity contribution in [3.8, 4) is 5.69 Å². The summed E-state index contributed by atoms with van der Waals surface area (Å²) < 4.78 is 13.3. The van der Waals surface area contributed by atoms with Gasteiger partial charge in [-0.1, -0.05) is 23.7 Å². The molecule has 0 bridgehead atoms. The van der Waals surface area contributed by atoms with Gasteiger partial charge in [-0.25, -0.2) is 9.18 Å². The fraction of sp³-hybridized carbons (Fsp3) is 0. The first-order valence-corrected chi connectivity index (χ1v) is 4.58. The van der Waals surface area contributed by atoms with Crippen LogP contribution in [0.1, 0.15) is 10.5 Å². The van der Waals surface area contributed by atoms with Gasteiger partial charge in [0.2, 0.25) is 5.69 Å². The molecule has 0 aliphatic rings. The maximum absolute atomic E-state index is 13.3. The molecule has 0 aliphatic heterocycles. The van der Waals surface area contributed by atoms with Crippen molar-refractivity contribution >= 4 is 17.6 Å². The number of nitrogens with zero attached hydrogens (tertiary/aromatic N) is 3. The molecular formula is C9H5ClFN3O2. The van der Waals surface area contributed by atoms with E-state index in [1.165, 1.54) is 18.2 Å². The molecule has 0 aliphatic carbocycles. The van der Waals surface area contributed by atoms with E-state index >= 15 is 0 Å². The number of benzene rings is 1. The number of halogens is 2. The molecule has 0 unspecified atom stereocenters. The maximum Gasteiger partial charge on any atom is 0.359 e. The van der Waals surface area contributed by atoms with Crippen molar-refractivity contribution < 1.29 is 14.3 Å². The Kier molecular flexibility index (Phi) is 2.57. The van der Waals surface area contributed by atoms with Crippen molar-refractivity contribution in [1.82, 2.24) is 15.0 Å². The first-order chi connectivity index (χ1) is 7.59. The number of rotatable bonds is 2. The van der Waals surface area contributed by atoms with Crippen LogP contribution in [-0.4, -0.2) is 26.1 Å². The quantitative estimate of drug-likeness (QED) is 0.870. The molecule has 1 heterocycles. The Morgan fingerprint density at radius 1 is 1.38 bits per heavy atom. The molecule has 0 radical (unpaired) electrons. The number of aromatic nitrogens is 3. The smallest absolute Gasteiger partial charge is 0.359 e. The van der Waals surface area contributed by atoms with E-state index in [9.17, 15) is 9.18 Å². The van der Waals surface area contributed by atoms with Crippen LogP contribution in [0, 0.1) is 5.82 Å². The average Bonchev–Trinajstić information content (AvgIpc) is 2.61. The Hall–Kier alpha value is -1.95. The molecular weight excluding hydrogens is 237 g/mol. The van der Waals surface area contributed by atoms with E-state index in [4.69, 9.17) is 16.7 Å². The summed E-state index contributed by atoms with van der Waals surface area (Å²) in [5, 5.41) is 15.6. The molecule has 0 atom stereocenters. The van der Waals surface area contributed by atoms with Crippen LogP contribution in [0.4, 0.5) is 4.39 Å². The van der Waals surface area contributed by atoms with E-state index in [0.717, 1.165) is 4.80 Å². The third-order valence-electron chi connectivity index (χ3n) is 1.84. The Bertz CT molecular complexity index is 555. The Balaban J connectivity index is 2.54. The van der Waals surface area contributed by atoms with Crippen molar-refractivity contribution in [2.24, 2.45) is 0 Å². The number of carboxylic acid groups (broad SMARTS) is 1. The lowest BCUT2D eigenvalue weighted by Gasteiger charge is -1.99. The van der Waals surface area contributed by atoms with E-state index in [1.54, 1.807) is 6.07 Å². The van der Waals surface area contributed by atoms with Crippen molar-refractivity contribution in [3.05, 3.63) is 40.9 Å². The number of para-hydroxylation sites is 1. The van der Waals surface area contributed by atoms with Gasteiger partial charge in [0, 0.05) is 0 Å². The fourth-order valence-electron chi connectivity index (χ4n) is 1.14. The van der Waals surface area contributed by atoms with Crippen molar-refractivity contribution in [3.63, 3.8) is 0 Å². The third kappa shape index (κ3) is 1.74. The van der Waals surface area contributed by atoms with E-state index in [-0.39, 0.29) is 10.8 Å². The molecule has 2 aromatic rings. The molecule has 16 heavy (non-hydrogen) atoms. The van der Waals surface area contributed by atoms with E-state index < -0.39 is 17.5 Å². The van der Waals surface area contributed by atoms with Crippen LogP contribution in [0.3, 0.4) is 0 Å². The standard InChI is InChI=1S/C9H5ClFN3O2/c10-8-7(9(15)16)12-14(13-8)6-4-2-1-3-5(6)11/h1-4H,(H,15,16). The van der Waals surface area contributed by atoms with Gasteiger partial charge in [-0.3, -0.25) is 0 Å². The Labute approximate surface area is 94.1 Å². The van der Waals surface area contributed by atoms with E-state index in [0.29, 0.717) is 0 Å². The first kappa shape index (κ1) is 10.6.